The van der Waals surface area contributed by atoms with Crippen LogP contribution in [0.2, 0.25) is 0 Å². The Bertz CT molecular complexity index is 436. The maximum absolute atomic E-state index is 12.3. The van der Waals surface area contributed by atoms with E-state index in [2.05, 4.69) is 28.6 Å². The number of morpholine rings is 1. The third-order valence-electron chi connectivity index (χ3n) is 3.82. The van der Waals surface area contributed by atoms with Crippen LogP contribution in [0.4, 0.5) is 4.79 Å². The fourth-order valence-corrected chi connectivity index (χ4v) is 3.39. The molecule has 0 unspecified atom stereocenters. The Kier molecular flexibility index (Phi) is 6.02. The number of nitrogens with zero attached hydrogens (tertiary/aromatic N) is 2. The summed E-state index contributed by atoms with van der Waals surface area (Å²) in [6, 6.07) is 4.40. The number of amides is 2. The fraction of sp³-hybridized carbons (Fsp3) is 0.667. The van der Waals surface area contributed by atoms with E-state index in [-0.39, 0.29) is 18.2 Å². The number of hydrogen-bond donors (Lipinski definition) is 1. The number of rotatable bonds is 5. The predicted molar refractivity (Wildman–Crippen MR) is 85.7 cm³/mol. The topological polar surface area (TPSA) is 44.8 Å². The molecule has 118 valence electrons. The summed E-state index contributed by atoms with van der Waals surface area (Å²) in [4.78, 5) is 17.6. The number of ether oxygens (including phenoxy) is 1. The molecule has 5 nitrogen and oxygen atoms in total. The van der Waals surface area contributed by atoms with Crippen molar-refractivity contribution in [2.24, 2.45) is 0 Å². The van der Waals surface area contributed by atoms with Crippen molar-refractivity contribution in [1.82, 2.24) is 15.1 Å². The average Bonchev–Trinajstić information content (AvgIpc) is 3.01. The highest BCUT2D eigenvalue weighted by Gasteiger charge is 2.24. The van der Waals surface area contributed by atoms with Crippen LogP contribution >= 0.6 is 11.3 Å². The Morgan fingerprint density at radius 1 is 1.62 bits per heavy atom. The van der Waals surface area contributed by atoms with Gasteiger partial charge in [-0.2, -0.15) is 0 Å². The molecule has 0 bridgehead atoms. The Hall–Kier alpha value is -1.11. The molecule has 2 atom stereocenters. The van der Waals surface area contributed by atoms with Crippen molar-refractivity contribution >= 4 is 17.4 Å². The zero-order valence-electron chi connectivity index (χ0n) is 13.0. The molecule has 2 amide bonds. The number of carbonyl (C=O) groups excluding carboxylic acids is 1. The van der Waals surface area contributed by atoms with Gasteiger partial charge >= 0.3 is 6.03 Å². The lowest BCUT2D eigenvalue weighted by atomic mass is 10.2. The van der Waals surface area contributed by atoms with Crippen LogP contribution in [0.25, 0.3) is 0 Å². The molecule has 0 saturated carbocycles. The molecule has 1 saturated heterocycles. The molecule has 1 aromatic heterocycles. The number of hydrogen-bond acceptors (Lipinski definition) is 4. The molecule has 2 rings (SSSR count). The van der Waals surface area contributed by atoms with E-state index in [1.54, 1.807) is 11.3 Å². The molecule has 1 N–H and O–H groups in total. The molecule has 6 heteroatoms. The molecule has 1 aliphatic rings. The highest BCUT2D eigenvalue weighted by atomic mass is 32.1. The summed E-state index contributed by atoms with van der Waals surface area (Å²) in [5, 5.41) is 5.13. The molecule has 1 aromatic rings. The van der Waals surface area contributed by atoms with E-state index in [0.29, 0.717) is 26.2 Å². The van der Waals surface area contributed by atoms with Gasteiger partial charge in [-0.3, -0.25) is 0 Å². The van der Waals surface area contributed by atoms with Crippen LogP contribution in [0.5, 0.6) is 0 Å². The Labute approximate surface area is 130 Å². The highest BCUT2D eigenvalue weighted by molar-refractivity contribution is 7.10. The predicted octanol–water partition coefficient (Wildman–Crippen LogP) is 2.17. The van der Waals surface area contributed by atoms with E-state index < -0.39 is 0 Å². The van der Waals surface area contributed by atoms with E-state index in [0.717, 1.165) is 6.42 Å². The molecule has 0 radical (unpaired) electrons. The molecule has 1 fully saturated rings. The minimum atomic E-state index is 0.0140. The van der Waals surface area contributed by atoms with Crippen molar-refractivity contribution in [2.75, 3.05) is 40.3 Å². The molecular weight excluding hydrogens is 286 g/mol. The lowest BCUT2D eigenvalue weighted by molar-refractivity contribution is -0.0155. The second-order valence-corrected chi connectivity index (χ2v) is 6.51. The molecule has 2 heterocycles. The molecule has 0 aromatic carbocycles. The summed E-state index contributed by atoms with van der Waals surface area (Å²) in [5.74, 6) is 0. The quantitative estimate of drug-likeness (QED) is 0.906. The number of urea groups is 1. The first kappa shape index (κ1) is 16.3. The summed E-state index contributed by atoms with van der Waals surface area (Å²) in [5.41, 5.74) is 0. The lowest BCUT2D eigenvalue weighted by Crippen LogP contribution is -2.50. The minimum Gasteiger partial charge on any atom is -0.375 e. The van der Waals surface area contributed by atoms with E-state index >= 15 is 0 Å². The van der Waals surface area contributed by atoms with Gasteiger partial charge < -0.3 is 19.9 Å². The first-order valence-corrected chi connectivity index (χ1v) is 8.34. The highest BCUT2D eigenvalue weighted by Crippen LogP contribution is 2.22. The Morgan fingerprint density at radius 3 is 3.05 bits per heavy atom. The van der Waals surface area contributed by atoms with Crippen LogP contribution in [0.3, 0.4) is 0 Å². The maximum atomic E-state index is 12.3. The smallest absolute Gasteiger partial charge is 0.317 e. The van der Waals surface area contributed by atoms with Crippen LogP contribution in [0, 0.1) is 0 Å². The summed E-state index contributed by atoms with van der Waals surface area (Å²) >= 11 is 1.72. The van der Waals surface area contributed by atoms with Gasteiger partial charge in [-0.15, -0.1) is 11.3 Å². The van der Waals surface area contributed by atoms with Gasteiger partial charge in [-0.05, 0) is 32.0 Å². The van der Waals surface area contributed by atoms with Gasteiger partial charge in [0.25, 0.3) is 0 Å². The van der Waals surface area contributed by atoms with Crippen molar-refractivity contribution in [1.29, 1.82) is 0 Å². The van der Waals surface area contributed by atoms with Crippen molar-refractivity contribution in [3.8, 4) is 0 Å². The van der Waals surface area contributed by atoms with Gasteiger partial charge in [0.05, 0.1) is 18.8 Å². The van der Waals surface area contributed by atoms with E-state index in [4.69, 9.17) is 4.74 Å². The first-order valence-electron chi connectivity index (χ1n) is 7.46. The van der Waals surface area contributed by atoms with Crippen LogP contribution in [-0.4, -0.2) is 62.3 Å². The fourth-order valence-electron chi connectivity index (χ4n) is 2.47. The number of nitrogens with one attached hydrogen (secondary N) is 1. The van der Waals surface area contributed by atoms with Crippen molar-refractivity contribution in [3.05, 3.63) is 22.4 Å². The van der Waals surface area contributed by atoms with Crippen molar-refractivity contribution in [3.63, 3.8) is 0 Å². The van der Waals surface area contributed by atoms with Gasteiger partial charge in [0.1, 0.15) is 0 Å². The standard InChI is InChI=1S/C15H25N3O2S/c1-4-12-11-18(7-8-20-12)15(19)16-10-13(17(2)3)14-6-5-9-21-14/h5-6,9,12-13H,4,7-8,10-11H2,1-3H3,(H,16,19)/t12-,13+/m0/s1. The number of thiophene rings is 1. The van der Waals surface area contributed by atoms with Crippen LogP contribution < -0.4 is 5.32 Å². The number of carbonyl (C=O) groups is 1. The number of likely N-dealkylation sites (N-methyl/N-ethyl adjacent to an activating group) is 1. The molecule has 0 aliphatic carbocycles. The minimum absolute atomic E-state index is 0.0140. The van der Waals surface area contributed by atoms with Crippen LogP contribution in [0.1, 0.15) is 24.3 Å². The normalized spacial score (nSPS) is 20.6. The van der Waals surface area contributed by atoms with E-state index in [9.17, 15) is 4.79 Å². The SMILES string of the molecule is CC[C@H]1CN(C(=O)NC[C@H](c2cccs2)N(C)C)CCO1. The van der Waals surface area contributed by atoms with Crippen LogP contribution in [-0.2, 0) is 4.74 Å². The zero-order valence-corrected chi connectivity index (χ0v) is 13.9. The van der Waals surface area contributed by atoms with Gasteiger partial charge in [-0.25, -0.2) is 4.79 Å². The summed E-state index contributed by atoms with van der Waals surface area (Å²) in [7, 11) is 4.08. The summed E-state index contributed by atoms with van der Waals surface area (Å²) < 4.78 is 5.60. The van der Waals surface area contributed by atoms with E-state index in [1.165, 1.54) is 4.88 Å². The second-order valence-electron chi connectivity index (χ2n) is 5.53. The van der Waals surface area contributed by atoms with Gasteiger partial charge in [0, 0.05) is 24.5 Å². The van der Waals surface area contributed by atoms with Gasteiger partial charge in [0.15, 0.2) is 0 Å². The summed E-state index contributed by atoms with van der Waals surface area (Å²) in [6.07, 6.45) is 1.12. The third-order valence-corrected chi connectivity index (χ3v) is 4.80. The Balaban J connectivity index is 1.87. The van der Waals surface area contributed by atoms with Crippen molar-refractivity contribution in [2.45, 2.75) is 25.5 Å². The van der Waals surface area contributed by atoms with Crippen molar-refractivity contribution < 1.29 is 9.53 Å². The first-order chi connectivity index (χ1) is 10.1. The van der Waals surface area contributed by atoms with Crippen LogP contribution in [0.15, 0.2) is 17.5 Å². The molecular formula is C15H25N3O2S. The zero-order chi connectivity index (χ0) is 15.2. The molecule has 21 heavy (non-hydrogen) atoms. The second kappa shape index (κ2) is 7.77. The average molecular weight is 311 g/mol. The monoisotopic (exact) mass is 311 g/mol. The lowest BCUT2D eigenvalue weighted by Gasteiger charge is -2.33. The summed E-state index contributed by atoms with van der Waals surface area (Å²) in [6.45, 7) is 4.71. The van der Waals surface area contributed by atoms with E-state index in [1.807, 2.05) is 25.1 Å². The third kappa shape index (κ3) is 4.43. The van der Waals surface area contributed by atoms with Gasteiger partial charge in [0.2, 0.25) is 0 Å². The largest absolute Gasteiger partial charge is 0.375 e. The molecule has 0 spiro atoms. The Morgan fingerprint density at radius 2 is 2.43 bits per heavy atom. The van der Waals surface area contributed by atoms with Gasteiger partial charge in [-0.1, -0.05) is 13.0 Å². The maximum Gasteiger partial charge on any atom is 0.317 e. The molecule has 1 aliphatic heterocycles.